The number of ether oxygens (including phenoxy) is 3. The molecule has 0 spiro atoms. The van der Waals surface area contributed by atoms with E-state index in [1.165, 1.54) is 4.90 Å². The first-order valence-corrected chi connectivity index (χ1v) is 11.0. The lowest BCUT2D eigenvalue weighted by atomic mass is 10.0. The lowest BCUT2D eigenvalue weighted by Crippen LogP contribution is -2.37. The molecule has 0 unspecified atom stereocenters. The van der Waals surface area contributed by atoms with Crippen LogP contribution in [0.1, 0.15) is 25.1 Å². The summed E-state index contributed by atoms with van der Waals surface area (Å²) in [4.78, 5) is 34.5. The van der Waals surface area contributed by atoms with E-state index in [0.29, 0.717) is 54.6 Å². The molecule has 0 saturated carbocycles. The maximum atomic E-state index is 13.6. The van der Waals surface area contributed by atoms with E-state index in [-0.39, 0.29) is 24.5 Å². The fourth-order valence-corrected chi connectivity index (χ4v) is 3.62. The third kappa shape index (κ3) is 5.97. The number of pyridine rings is 1. The highest BCUT2D eigenvalue weighted by Crippen LogP contribution is 2.33. The molecule has 0 N–H and O–H groups in total. The van der Waals surface area contributed by atoms with E-state index in [2.05, 4.69) is 4.98 Å². The quantitative estimate of drug-likeness (QED) is 0.457. The van der Waals surface area contributed by atoms with E-state index in [0.717, 1.165) is 0 Å². The summed E-state index contributed by atoms with van der Waals surface area (Å²) in [5, 5.41) is 0. The van der Waals surface area contributed by atoms with Gasteiger partial charge in [0.15, 0.2) is 0 Å². The summed E-state index contributed by atoms with van der Waals surface area (Å²) in [6.45, 7) is 5.71. The molecule has 0 bridgehead atoms. The van der Waals surface area contributed by atoms with E-state index in [4.69, 9.17) is 14.2 Å². The number of hydrogen-bond donors (Lipinski definition) is 0. The Morgan fingerprint density at radius 3 is 2.15 bits per heavy atom. The van der Waals surface area contributed by atoms with Crippen LogP contribution < -0.4 is 4.74 Å². The number of nitrogens with zero attached hydrogens (tertiary/aromatic N) is 3. The zero-order valence-electron chi connectivity index (χ0n) is 19.6. The van der Waals surface area contributed by atoms with Crippen molar-refractivity contribution in [1.29, 1.82) is 0 Å². The third-order valence-electron chi connectivity index (χ3n) is 5.15. The Kier molecular flexibility index (Phi) is 8.57. The van der Waals surface area contributed by atoms with Crippen LogP contribution in [-0.2, 0) is 25.6 Å². The molecule has 1 aliphatic heterocycles. The highest BCUT2D eigenvalue weighted by Gasteiger charge is 2.41. The molecule has 0 radical (unpaired) electrons. The van der Waals surface area contributed by atoms with Crippen LogP contribution in [0.25, 0.3) is 5.57 Å². The molecule has 176 valence electrons. The summed E-state index contributed by atoms with van der Waals surface area (Å²) in [5.74, 6) is 0.00187. The number of carbonyl (C=O) groups is 2. The van der Waals surface area contributed by atoms with Crippen molar-refractivity contribution in [3.05, 3.63) is 65.6 Å². The summed E-state index contributed by atoms with van der Waals surface area (Å²) < 4.78 is 16.2. The van der Waals surface area contributed by atoms with Gasteiger partial charge >= 0.3 is 0 Å². The molecule has 33 heavy (non-hydrogen) atoms. The number of hydrogen-bond acceptors (Lipinski definition) is 7. The predicted molar refractivity (Wildman–Crippen MR) is 124 cm³/mol. The SMILES string of the molecule is COCCN(CCOC)C1=C(c2ccc(OC(C)C)cc2)C(=O)N(Cc2ccccn2)C1=O. The molecule has 2 heterocycles. The van der Waals surface area contributed by atoms with E-state index in [1.807, 2.05) is 49.1 Å². The normalized spacial score (nSPS) is 13.9. The Morgan fingerprint density at radius 1 is 0.939 bits per heavy atom. The zero-order valence-corrected chi connectivity index (χ0v) is 19.6. The zero-order chi connectivity index (χ0) is 23.8. The van der Waals surface area contributed by atoms with Gasteiger partial charge in [0.05, 0.1) is 37.1 Å². The number of benzene rings is 1. The van der Waals surface area contributed by atoms with Crippen LogP contribution in [0, 0.1) is 0 Å². The molecule has 0 saturated heterocycles. The van der Waals surface area contributed by atoms with Crippen molar-refractivity contribution in [3.8, 4) is 5.75 Å². The minimum Gasteiger partial charge on any atom is -0.491 e. The summed E-state index contributed by atoms with van der Waals surface area (Å²) in [6, 6.07) is 12.7. The molecule has 0 aliphatic carbocycles. The van der Waals surface area contributed by atoms with Gasteiger partial charge in [-0.2, -0.15) is 0 Å². The first-order valence-electron chi connectivity index (χ1n) is 11.0. The molecule has 3 rings (SSSR count). The van der Waals surface area contributed by atoms with Crippen molar-refractivity contribution in [2.75, 3.05) is 40.5 Å². The first kappa shape index (κ1) is 24.4. The number of amides is 2. The molecule has 1 aromatic heterocycles. The van der Waals surface area contributed by atoms with Gasteiger partial charge in [0.25, 0.3) is 11.8 Å². The standard InChI is InChI=1S/C25H31N3O5/c1-18(2)33-21-10-8-19(9-11-21)22-23(27(13-15-31-3)14-16-32-4)25(30)28(24(22)29)17-20-7-5-6-12-26-20/h5-12,18H,13-17H2,1-4H3. The summed E-state index contributed by atoms with van der Waals surface area (Å²) in [7, 11) is 3.21. The number of imide groups is 1. The average molecular weight is 454 g/mol. The minimum atomic E-state index is -0.352. The van der Waals surface area contributed by atoms with Gasteiger partial charge in [-0.25, -0.2) is 0 Å². The molecule has 8 nitrogen and oxygen atoms in total. The fourth-order valence-electron chi connectivity index (χ4n) is 3.62. The Bertz CT molecular complexity index is 965. The van der Waals surface area contributed by atoms with Crippen molar-refractivity contribution in [2.45, 2.75) is 26.5 Å². The van der Waals surface area contributed by atoms with Crippen molar-refractivity contribution >= 4 is 17.4 Å². The van der Waals surface area contributed by atoms with Crippen LogP contribution in [0.15, 0.2) is 54.4 Å². The van der Waals surface area contributed by atoms with Crippen LogP contribution in [0.3, 0.4) is 0 Å². The van der Waals surface area contributed by atoms with Crippen molar-refractivity contribution in [2.24, 2.45) is 0 Å². The van der Waals surface area contributed by atoms with Crippen LogP contribution in [-0.4, -0.2) is 73.2 Å². The summed E-state index contributed by atoms with van der Waals surface area (Å²) in [6.07, 6.45) is 1.68. The molecule has 1 aromatic carbocycles. The second-order valence-corrected chi connectivity index (χ2v) is 7.90. The van der Waals surface area contributed by atoms with Gasteiger partial charge in [-0.1, -0.05) is 18.2 Å². The average Bonchev–Trinajstić information content (AvgIpc) is 3.05. The molecular formula is C25H31N3O5. The fraction of sp³-hybridized carbons (Fsp3) is 0.400. The van der Waals surface area contributed by atoms with Crippen molar-refractivity contribution in [3.63, 3.8) is 0 Å². The summed E-state index contributed by atoms with van der Waals surface area (Å²) >= 11 is 0. The van der Waals surface area contributed by atoms with Gasteiger partial charge < -0.3 is 19.1 Å². The highest BCUT2D eigenvalue weighted by atomic mass is 16.5. The smallest absolute Gasteiger partial charge is 0.278 e. The lowest BCUT2D eigenvalue weighted by Gasteiger charge is -2.25. The van der Waals surface area contributed by atoms with Crippen molar-refractivity contribution in [1.82, 2.24) is 14.8 Å². The molecule has 2 amide bonds. The minimum absolute atomic E-state index is 0.0350. The Morgan fingerprint density at radius 2 is 1.61 bits per heavy atom. The van der Waals surface area contributed by atoms with Crippen LogP contribution in [0.2, 0.25) is 0 Å². The molecule has 0 atom stereocenters. The Hall–Kier alpha value is -3.23. The van der Waals surface area contributed by atoms with Gasteiger partial charge in [0.2, 0.25) is 0 Å². The lowest BCUT2D eigenvalue weighted by molar-refractivity contribution is -0.138. The van der Waals surface area contributed by atoms with Crippen LogP contribution in [0.5, 0.6) is 5.75 Å². The van der Waals surface area contributed by atoms with Gasteiger partial charge in [-0.05, 0) is 43.7 Å². The number of methoxy groups -OCH3 is 2. The topological polar surface area (TPSA) is 81.2 Å². The summed E-state index contributed by atoms with van der Waals surface area (Å²) in [5.41, 5.74) is 2.01. The number of aromatic nitrogens is 1. The van der Waals surface area contributed by atoms with Crippen LogP contribution in [0.4, 0.5) is 0 Å². The van der Waals surface area contributed by atoms with Crippen LogP contribution >= 0.6 is 0 Å². The maximum Gasteiger partial charge on any atom is 0.278 e. The molecule has 2 aromatic rings. The predicted octanol–water partition coefficient (Wildman–Crippen LogP) is 2.74. The van der Waals surface area contributed by atoms with E-state index >= 15 is 0 Å². The molecule has 8 heteroatoms. The maximum absolute atomic E-state index is 13.6. The van der Waals surface area contributed by atoms with Gasteiger partial charge in [-0.15, -0.1) is 0 Å². The van der Waals surface area contributed by atoms with E-state index in [1.54, 1.807) is 32.5 Å². The number of carbonyl (C=O) groups excluding carboxylic acids is 2. The van der Waals surface area contributed by atoms with Gasteiger partial charge in [0.1, 0.15) is 11.4 Å². The first-order chi connectivity index (χ1) is 16.0. The van der Waals surface area contributed by atoms with Gasteiger partial charge in [-0.3, -0.25) is 19.5 Å². The second-order valence-electron chi connectivity index (χ2n) is 7.90. The van der Waals surface area contributed by atoms with Gasteiger partial charge in [0, 0.05) is 33.5 Å². The largest absolute Gasteiger partial charge is 0.491 e. The number of rotatable bonds is 12. The van der Waals surface area contributed by atoms with E-state index in [9.17, 15) is 9.59 Å². The Balaban J connectivity index is 2.02. The highest BCUT2D eigenvalue weighted by molar-refractivity contribution is 6.35. The third-order valence-corrected chi connectivity index (χ3v) is 5.15. The molecule has 0 fully saturated rings. The second kappa shape index (κ2) is 11.6. The molecule has 1 aliphatic rings. The Labute approximate surface area is 194 Å². The monoisotopic (exact) mass is 453 g/mol. The molecular weight excluding hydrogens is 422 g/mol. The van der Waals surface area contributed by atoms with Crippen molar-refractivity contribution < 1.29 is 23.8 Å². The van der Waals surface area contributed by atoms with E-state index < -0.39 is 0 Å².